The van der Waals surface area contributed by atoms with Crippen molar-refractivity contribution in [3.8, 4) is 0 Å². The highest BCUT2D eigenvalue weighted by atomic mass is 79.9. The number of nitrogens with zero attached hydrogens (tertiary/aromatic N) is 1. The van der Waals surface area contributed by atoms with Gasteiger partial charge in [0.1, 0.15) is 5.60 Å². The van der Waals surface area contributed by atoms with E-state index in [0.717, 1.165) is 11.1 Å². The minimum Gasteiger partial charge on any atom is -0.368 e. The molecular formula is C19H20BrNO3S. The van der Waals surface area contributed by atoms with Crippen LogP contribution in [0.4, 0.5) is 0 Å². The van der Waals surface area contributed by atoms with Crippen LogP contribution in [-0.2, 0) is 20.4 Å². The zero-order chi connectivity index (χ0) is 17.7. The fourth-order valence-corrected chi connectivity index (χ4v) is 6.78. The van der Waals surface area contributed by atoms with E-state index in [4.69, 9.17) is 4.74 Å². The van der Waals surface area contributed by atoms with Gasteiger partial charge in [-0.1, -0.05) is 64.0 Å². The average Bonchev–Trinajstić information content (AvgIpc) is 2.79. The highest BCUT2D eigenvalue weighted by Crippen LogP contribution is 2.49. The molecule has 0 aliphatic carbocycles. The average molecular weight is 422 g/mol. The molecule has 0 amide bonds. The van der Waals surface area contributed by atoms with Gasteiger partial charge in [-0.3, -0.25) is 0 Å². The molecule has 0 spiro atoms. The van der Waals surface area contributed by atoms with Crippen LogP contribution in [0.2, 0.25) is 0 Å². The van der Waals surface area contributed by atoms with Crippen LogP contribution in [0.3, 0.4) is 0 Å². The van der Waals surface area contributed by atoms with E-state index in [1.807, 2.05) is 49.4 Å². The summed E-state index contributed by atoms with van der Waals surface area (Å²) in [5.74, 6) is 0. The van der Waals surface area contributed by atoms with Crippen LogP contribution in [0.5, 0.6) is 0 Å². The van der Waals surface area contributed by atoms with Crippen molar-refractivity contribution in [3.05, 3.63) is 65.7 Å². The van der Waals surface area contributed by atoms with E-state index < -0.39 is 15.6 Å². The molecule has 0 N–H and O–H groups in total. The van der Waals surface area contributed by atoms with Gasteiger partial charge in [0, 0.05) is 19.2 Å². The second kappa shape index (κ2) is 6.20. The van der Waals surface area contributed by atoms with Crippen LogP contribution in [0.15, 0.2) is 59.5 Å². The molecule has 0 saturated carbocycles. The number of hydrogen-bond acceptors (Lipinski definition) is 3. The van der Waals surface area contributed by atoms with Gasteiger partial charge in [0.25, 0.3) is 0 Å². The van der Waals surface area contributed by atoms with Crippen LogP contribution >= 0.6 is 15.9 Å². The third-order valence-corrected chi connectivity index (χ3v) is 8.44. The molecule has 2 aromatic rings. The number of halogens is 1. The van der Waals surface area contributed by atoms with E-state index in [0.29, 0.717) is 24.5 Å². The van der Waals surface area contributed by atoms with Gasteiger partial charge >= 0.3 is 0 Å². The Bertz CT molecular complexity index is 869. The lowest BCUT2D eigenvalue weighted by Crippen LogP contribution is -2.44. The summed E-state index contributed by atoms with van der Waals surface area (Å²) in [7, 11) is -3.57. The molecule has 25 heavy (non-hydrogen) atoms. The lowest BCUT2D eigenvalue weighted by molar-refractivity contribution is -0.0495. The minimum absolute atomic E-state index is 0.0728. The quantitative estimate of drug-likeness (QED) is 0.712. The zero-order valence-corrected chi connectivity index (χ0v) is 16.3. The Labute approximate surface area is 157 Å². The van der Waals surface area contributed by atoms with Crippen LogP contribution in [-0.4, -0.2) is 36.7 Å². The van der Waals surface area contributed by atoms with Crippen LogP contribution < -0.4 is 0 Å². The molecule has 0 unspecified atom stereocenters. The number of ether oxygens (including phenoxy) is 1. The Balaban J connectivity index is 1.76. The molecule has 0 aromatic heterocycles. The molecule has 0 radical (unpaired) electrons. The van der Waals surface area contributed by atoms with Gasteiger partial charge in [0.05, 0.1) is 9.72 Å². The topological polar surface area (TPSA) is 46.6 Å². The molecule has 2 fully saturated rings. The molecule has 6 heteroatoms. The number of aryl methyl sites for hydroxylation is 1. The van der Waals surface area contributed by atoms with Crippen LogP contribution in [0.1, 0.15) is 17.5 Å². The number of sulfonamides is 1. The highest BCUT2D eigenvalue weighted by Gasteiger charge is 2.59. The standard InChI is InChI=1S/C19H20BrNO3S/c1-14-7-9-16(10-8-14)25(22,23)21-13-19(15-5-3-2-4-6-15)18(20)17(21)11-12-24-19/h2-10,17-18H,11-13H2,1H3/t17-,18-,19+/m0/s1. The van der Waals surface area contributed by atoms with E-state index in [1.54, 1.807) is 16.4 Å². The number of benzene rings is 2. The van der Waals surface area contributed by atoms with Crippen molar-refractivity contribution in [2.24, 2.45) is 0 Å². The zero-order valence-electron chi connectivity index (χ0n) is 13.9. The number of alkyl halides is 1. The molecule has 2 heterocycles. The van der Waals surface area contributed by atoms with Gasteiger partial charge in [-0.15, -0.1) is 0 Å². The number of hydrogen-bond donors (Lipinski definition) is 0. The van der Waals surface area contributed by atoms with E-state index in [2.05, 4.69) is 15.9 Å². The molecule has 4 rings (SSSR count). The largest absolute Gasteiger partial charge is 0.368 e. The van der Waals surface area contributed by atoms with Crippen molar-refractivity contribution >= 4 is 26.0 Å². The predicted molar refractivity (Wildman–Crippen MR) is 100 cm³/mol. The number of fused-ring (bicyclic) bond motifs is 2. The molecule has 2 saturated heterocycles. The van der Waals surface area contributed by atoms with Crippen molar-refractivity contribution in [1.82, 2.24) is 4.31 Å². The second-order valence-corrected chi connectivity index (χ2v) is 9.60. The first-order chi connectivity index (χ1) is 11.9. The van der Waals surface area contributed by atoms with Crippen molar-refractivity contribution in [1.29, 1.82) is 0 Å². The normalized spacial score (nSPS) is 29.7. The summed E-state index contributed by atoms with van der Waals surface area (Å²) < 4.78 is 34.3. The highest BCUT2D eigenvalue weighted by molar-refractivity contribution is 9.09. The monoisotopic (exact) mass is 421 g/mol. The fourth-order valence-electron chi connectivity index (χ4n) is 3.83. The van der Waals surface area contributed by atoms with Crippen molar-refractivity contribution in [3.63, 3.8) is 0 Å². The Kier molecular flexibility index (Phi) is 4.27. The predicted octanol–water partition coefficient (Wildman–Crippen LogP) is 3.45. The van der Waals surface area contributed by atoms with Gasteiger partial charge in [-0.05, 0) is 31.0 Å². The summed E-state index contributed by atoms with van der Waals surface area (Å²) in [6.07, 6.45) is 0.690. The van der Waals surface area contributed by atoms with Crippen molar-refractivity contribution < 1.29 is 13.2 Å². The summed E-state index contributed by atoms with van der Waals surface area (Å²) in [5.41, 5.74) is 1.42. The third-order valence-electron chi connectivity index (χ3n) is 5.21. The summed E-state index contributed by atoms with van der Waals surface area (Å²) in [6.45, 7) is 2.83. The van der Waals surface area contributed by atoms with Gasteiger partial charge in [-0.25, -0.2) is 8.42 Å². The Morgan fingerprint density at radius 3 is 2.48 bits per heavy atom. The molecule has 2 aliphatic rings. The van der Waals surface area contributed by atoms with E-state index in [-0.39, 0.29) is 10.9 Å². The Hall–Kier alpha value is -1.21. The molecule has 4 nitrogen and oxygen atoms in total. The lowest BCUT2D eigenvalue weighted by Gasteiger charge is -2.37. The van der Waals surface area contributed by atoms with Crippen molar-refractivity contribution in [2.45, 2.75) is 34.7 Å². The van der Waals surface area contributed by atoms with E-state index >= 15 is 0 Å². The first kappa shape index (κ1) is 17.2. The van der Waals surface area contributed by atoms with E-state index in [9.17, 15) is 8.42 Å². The van der Waals surface area contributed by atoms with Crippen LogP contribution in [0, 0.1) is 6.92 Å². The first-order valence-electron chi connectivity index (χ1n) is 8.37. The molecule has 2 aliphatic heterocycles. The summed E-state index contributed by atoms with van der Waals surface area (Å²) in [4.78, 5) is 0.268. The summed E-state index contributed by atoms with van der Waals surface area (Å²) in [6, 6.07) is 16.9. The van der Waals surface area contributed by atoms with E-state index in [1.165, 1.54) is 0 Å². The molecule has 3 atom stereocenters. The summed E-state index contributed by atoms with van der Waals surface area (Å²) in [5, 5.41) is 0. The summed E-state index contributed by atoms with van der Waals surface area (Å²) >= 11 is 3.76. The second-order valence-electron chi connectivity index (χ2n) is 6.73. The van der Waals surface area contributed by atoms with Gasteiger partial charge in [0.15, 0.2) is 0 Å². The van der Waals surface area contributed by atoms with Crippen molar-refractivity contribution in [2.75, 3.05) is 13.2 Å². The third kappa shape index (κ3) is 2.67. The first-order valence-corrected chi connectivity index (χ1v) is 10.7. The molecule has 132 valence electrons. The SMILES string of the molecule is Cc1ccc(S(=O)(=O)N2C[C@]3(c4ccccc4)OCC[C@H]2[C@@H]3Br)cc1. The minimum atomic E-state index is -3.57. The van der Waals surface area contributed by atoms with Gasteiger partial charge < -0.3 is 4.74 Å². The maximum atomic E-state index is 13.3. The van der Waals surface area contributed by atoms with Crippen LogP contribution in [0.25, 0.3) is 0 Å². The molecule has 2 bridgehead atoms. The fraction of sp³-hybridized carbons (Fsp3) is 0.368. The van der Waals surface area contributed by atoms with Gasteiger partial charge in [-0.2, -0.15) is 4.31 Å². The lowest BCUT2D eigenvalue weighted by atomic mass is 9.88. The molecule has 2 aromatic carbocycles. The van der Waals surface area contributed by atoms with Gasteiger partial charge in [0.2, 0.25) is 10.0 Å². The smallest absolute Gasteiger partial charge is 0.243 e. The maximum Gasteiger partial charge on any atom is 0.243 e. The maximum absolute atomic E-state index is 13.3. The molecular weight excluding hydrogens is 402 g/mol. The Morgan fingerprint density at radius 2 is 1.80 bits per heavy atom. The number of rotatable bonds is 3. The Morgan fingerprint density at radius 1 is 1.12 bits per heavy atom.